The van der Waals surface area contributed by atoms with E-state index in [0.29, 0.717) is 4.99 Å². The van der Waals surface area contributed by atoms with Crippen LogP contribution in [0.15, 0.2) is 54.9 Å². The second kappa shape index (κ2) is 6.68. The van der Waals surface area contributed by atoms with Crippen LogP contribution in [0.3, 0.4) is 0 Å². The monoisotopic (exact) mass is 339 g/mol. The molecular formula is C13H14N3PS3. The van der Waals surface area contributed by atoms with Crippen molar-refractivity contribution < 1.29 is 0 Å². The highest BCUT2D eigenvalue weighted by Crippen LogP contribution is 2.55. The van der Waals surface area contributed by atoms with Crippen LogP contribution in [0, 0.1) is 0 Å². The molecular weight excluding hydrogens is 325 g/mol. The molecule has 104 valence electrons. The summed E-state index contributed by atoms with van der Waals surface area (Å²) in [5, 5.41) is 3.11. The zero-order valence-corrected chi connectivity index (χ0v) is 14.2. The Kier molecular flexibility index (Phi) is 5.16. The van der Waals surface area contributed by atoms with E-state index < -0.39 is 5.54 Å². The molecule has 0 saturated carbocycles. The predicted molar refractivity (Wildman–Crippen MR) is 97.2 cm³/mol. The lowest BCUT2D eigenvalue weighted by molar-refractivity contribution is 1.27. The zero-order valence-electron chi connectivity index (χ0n) is 10.8. The van der Waals surface area contributed by atoms with Gasteiger partial charge in [0.1, 0.15) is 4.99 Å². The van der Waals surface area contributed by atoms with Crippen LogP contribution in [0.5, 0.6) is 0 Å². The number of aromatic nitrogens is 1. The molecule has 2 heterocycles. The third-order valence-electron chi connectivity index (χ3n) is 2.72. The normalized spacial score (nSPS) is 20.3. The molecule has 0 amide bonds. The highest BCUT2D eigenvalue weighted by molar-refractivity contribution is 8.63. The van der Waals surface area contributed by atoms with E-state index >= 15 is 0 Å². The Labute approximate surface area is 134 Å². The van der Waals surface area contributed by atoms with Crippen molar-refractivity contribution in [1.29, 1.82) is 0 Å². The Bertz CT molecular complexity index is 622. The van der Waals surface area contributed by atoms with Gasteiger partial charge >= 0.3 is 0 Å². The molecule has 0 spiro atoms. The molecule has 20 heavy (non-hydrogen) atoms. The SMILES string of the molecule is CN1c2ccccc2C(=S)NP1(=S)S.c1ccncc1. The van der Waals surface area contributed by atoms with Crippen molar-refractivity contribution in [3.05, 3.63) is 60.4 Å². The predicted octanol–water partition coefficient (Wildman–Crippen LogP) is 3.64. The molecule has 0 saturated heterocycles. The van der Waals surface area contributed by atoms with Crippen molar-refractivity contribution in [3.8, 4) is 0 Å². The topological polar surface area (TPSA) is 28.2 Å². The minimum atomic E-state index is -2.00. The van der Waals surface area contributed by atoms with Gasteiger partial charge in [0.2, 0.25) is 0 Å². The Morgan fingerprint density at radius 1 is 1.15 bits per heavy atom. The van der Waals surface area contributed by atoms with E-state index in [4.69, 9.17) is 24.0 Å². The number of rotatable bonds is 0. The van der Waals surface area contributed by atoms with Gasteiger partial charge in [0.15, 0.2) is 5.54 Å². The molecule has 1 aliphatic heterocycles. The molecule has 7 heteroatoms. The third kappa shape index (κ3) is 3.58. The van der Waals surface area contributed by atoms with Crippen LogP contribution in [-0.2, 0) is 11.8 Å². The van der Waals surface area contributed by atoms with Crippen molar-refractivity contribution in [1.82, 2.24) is 10.1 Å². The van der Waals surface area contributed by atoms with Gasteiger partial charge in [-0.25, -0.2) is 0 Å². The maximum absolute atomic E-state index is 5.37. The maximum atomic E-state index is 5.37. The van der Waals surface area contributed by atoms with Gasteiger partial charge in [-0.3, -0.25) is 4.98 Å². The van der Waals surface area contributed by atoms with Gasteiger partial charge in [-0.1, -0.05) is 30.4 Å². The van der Waals surface area contributed by atoms with E-state index in [1.54, 1.807) is 12.4 Å². The minimum absolute atomic E-state index is 0.706. The molecule has 3 nitrogen and oxygen atoms in total. The Hall–Kier alpha value is -0.940. The lowest BCUT2D eigenvalue weighted by Crippen LogP contribution is -2.32. The number of fused-ring (bicyclic) bond motifs is 1. The van der Waals surface area contributed by atoms with Crippen molar-refractivity contribution in [2.24, 2.45) is 0 Å². The molecule has 0 bridgehead atoms. The average Bonchev–Trinajstić information content (AvgIpc) is 2.47. The van der Waals surface area contributed by atoms with Crippen molar-refractivity contribution in [2.75, 3.05) is 11.7 Å². The van der Waals surface area contributed by atoms with Crippen LogP contribution in [-0.4, -0.2) is 17.0 Å². The van der Waals surface area contributed by atoms with Gasteiger partial charge in [-0.15, -0.1) is 12.2 Å². The van der Waals surface area contributed by atoms with E-state index in [9.17, 15) is 0 Å². The van der Waals surface area contributed by atoms with E-state index in [1.165, 1.54) is 0 Å². The molecule has 0 fully saturated rings. The molecule has 1 N–H and O–H groups in total. The number of hydrogen-bond acceptors (Lipinski definition) is 3. The second-order valence-electron chi connectivity index (χ2n) is 4.05. The van der Waals surface area contributed by atoms with Crippen molar-refractivity contribution >= 4 is 52.5 Å². The number of para-hydroxylation sites is 1. The van der Waals surface area contributed by atoms with Crippen LogP contribution in [0.4, 0.5) is 5.69 Å². The summed E-state index contributed by atoms with van der Waals surface area (Å²) in [6.07, 6.45) is 3.50. The fourth-order valence-corrected chi connectivity index (χ4v) is 4.75. The van der Waals surface area contributed by atoms with E-state index in [2.05, 4.69) is 22.3 Å². The standard InChI is InChI=1S/C8H9N2PS3.C5H5N/c1-10-7-5-3-2-4-6(7)8(12)9-11(10,13)14;1-2-4-6-5-3-1/h2-5H,1H3,(H2,9,12,13,14);1-5H. The van der Waals surface area contributed by atoms with Gasteiger partial charge in [-0.2, -0.15) is 0 Å². The Morgan fingerprint density at radius 2 is 1.80 bits per heavy atom. The van der Waals surface area contributed by atoms with Gasteiger partial charge < -0.3 is 9.76 Å². The quantitative estimate of drug-likeness (QED) is 0.434. The molecule has 1 aromatic heterocycles. The number of pyridine rings is 1. The van der Waals surface area contributed by atoms with Gasteiger partial charge in [0.05, 0.1) is 5.69 Å². The van der Waals surface area contributed by atoms with Gasteiger partial charge in [-0.05, 0) is 36.1 Å². The summed E-state index contributed by atoms with van der Waals surface area (Å²) < 4.78 is 2.00. The van der Waals surface area contributed by atoms with Crippen molar-refractivity contribution in [3.63, 3.8) is 0 Å². The fourth-order valence-electron chi connectivity index (χ4n) is 1.67. The summed E-state index contributed by atoms with van der Waals surface area (Å²) in [4.78, 5) is 4.49. The first-order chi connectivity index (χ1) is 9.52. The zero-order chi connectivity index (χ0) is 14.6. The summed E-state index contributed by atoms with van der Waals surface area (Å²) in [5.74, 6) is 0. The molecule has 1 aliphatic rings. The molecule has 3 rings (SSSR count). The lowest BCUT2D eigenvalue weighted by Gasteiger charge is -2.36. The number of nitrogens with zero attached hydrogens (tertiary/aromatic N) is 2. The smallest absolute Gasteiger partial charge is 0.174 e. The van der Waals surface area contributed by atoms with E-state index in [1.807, 2.05) is 54.2 Å². The maximum Gasteiger partial charge on any atom is 0.174 e. The van der Waals surface area contributed by atoms with E-state index in [0.717, 1.165) is 11.3 Å². The Balaban J connectivity index is 0.000000205. The first-order valence-corrected chi connectivity index (χ1v) is 10.2. The number of hydrogen-bond donors (Lipinski definition) is 2. The summed E-state index contributed by atoms with van der Waals surface area (Å²) in [7, 11) is 1.95. The Morgan fingerprint density at radius 3 is 2.35 bits per heavy atom. The lowest BCUT2D eigenvalue weighted by atomic mass is 10.2. The second-order valence-corrected chi connectivity index (χ2v) is 10.5. The van der Waals surface area contributed by atoms with Crippen LogP contribution < -0.4 is 9.76 Å². The number of thiol groups is 1. The number of anilines is 1. The summed E-state index contributed by atoms with van der Waals surface area (Å²) in [5.41, 5.74) is 0.0956. The molecule has 1 atom stereocenters. The van der Waals surface area contributed by atoms with Gasteiger partial charge in [0, 0.05) is 25.0 Å². The molecule has 1 aromatic carbocycles. The molecule has 1 unspecified atom stereocenters. The number of benzene rings is 1. The first kappa shape index (κ1) is 15.4. The third-order valence-corrected chi connectivity index (χ3v) is 6.85. The first-order valence-electron chi connectivity index (χ1n) is 5.86. The van der Waals surface area contributed by atoms with Gasteiger partial charge in [0.25, 0.3) is 0 Å². The minimum Gasteiger partial charge on any atom is -0.325 e. The number of thiocarbonyl (C=S) groups is 1. The van der Waals surface area contributed by atoms with Crippen LogP contribution in [0.1, 0.15) is 5.56 Å². The summed E-state index contributed by atoms with van der Waals surface area (Å²) in [6.45, 7) is 0. The highest BCUT2D eigenvalue weighted by Gasteiger charge is 2.28. The summed E-state index contributed by atoms with van der Waals surface area (Å²) in [6, 6.07) is 13.7. The number of nitrogens with one attached hydrogen (secondary N) is 1. The fraction of sp³-hybridized carbons (Fsp3) is 0.0769. The highest BCUT2D eigenvalue weighted by atomic mass is 32.9. The average molecular weight is 339 g/mol. The van der Waals surface area contributed by atoms with E-state index in [-0.39, 0.29) is 0 Å². The van der Waals surface area contributed by atoms with Crippen LogP contribution in [0.25, 0.3) is 0 Å². The largest absolute Gasteiger partial charge is 0.325 e. The molecule has 0 radical (unpaired) electrons. The molecule has 2 aromatic rings. The van der Waals surface area contributed by atoms with Crippen LogP contribution in [0.2, 0.25) is 0 Å². The molecule has 0 aliphatic carbocycles. The van der Waals surface area contributed by atoms with Crippen LogP contribution >= 0.6 is 30.0 Å². The van der Waals surface area contributed by atoms with Crippen molar-refractivity contribution in [2.45, 2.75) is 0 Å². The summed E-state index contributed by atoms with van der Waals surface area (Å²) >= 11 is 15.1.